The van der Waals surface area contributed by atoms with Crippen molar-refractivity contribution in [3.05, 3.63) is 53.7 Å². The minimum atomic E-state index is -0.836. The lowest BCUT2D eigenvalue weighted by Gasteiger charge is -2.25. The summed E-state index contributed by atoms with van der Waals surface area (Å²) in [5.41, 5.74) is 0.689. The lowest BCUT2D eigenvalue weighted by Crippen LogP contribution is -2.42. The van der Waals surface area contributed by atoms with Crippen LogP contribution in [0.3, 0.4) is 0 Å². The molecule has 1 saturated heterocycles. The fourth-order valence-electron chi connectivity index (χ4n) is 8.88. The van der Waals surface area contributed by atoms with Gasteiger partial charge in [0.2, 0.25) is 0 Å². The number of carbonyl (C=O) groups excluding carboxylic acids is 1. The molecular formula is C61H112NO6P. The number of unbranched alkanes of at least 4 members (excludes halogenated alkanes) is 33. The smallest absolute Gasteiger partial charge is 0.293 e. The van der Waals surface area contributed by atoms with Gasteiger partial charge >= 0.3 is 0 Å². The molecule has 69 heavy (non-hydrogen) atoms. The Labute approximate surface area is 430 Å². The van der Waals surface area contributed by atoms with Gasteiger partial charge in [-0.1, -0.05) is 245 Å². The molecule has 2 unspecified atom stereocenters. The van der Waals surface area contributed by atoms with E-state index in [2.05, 4.69) is 84.8 Å². The van der Waals surface area contributed by atoms with Crippen molar-refractivity contribution in [1.82, 2.24) is 0 Å². The summed E-state index contributed by atoms with van der Waals surface area (Å²) in [6, 6.07) is -0.836. The molecule has 0 N–H and O–H groups in total. The lowest BCUT2D eigenvalue weighted by molar-refractivity contribution is -0.141. The maximum absolute atomic E-state index is 11.8. The molecule has 0 bridgehead atoms. The van der Waals surface area contributed by atoms with Crippen molar-refractivity contribution < 1.29 is 23.7 Å². The van der Waals surface area contributed by atoms with Gasteiger partial charge in [0.25, 0.3) is 6.47 Å². The topological polar surface area (TPSA) is 83.4 Å². The van der Waals surface area contributed by atoms with Crippen LogP contribution in [0.25, 0.3) is 0 Å². The molecular weight excluding hydrogens is 874 g/mol. The Bertz CT molecular complexity index is 1200. The highest BCUT2D eigenvalue weighted by Gasteiger charge is 2.46. The van der Waals surface area contributed by atoms with Gasteiger partial charge in [-0.2, -0.15) is 4.91 Å². The van der Waals surface area contributed by atoms with Crippen LogP contribution >= 0.6 is 8.86 Å². The first-order valence-electron chi connectivity index (χ1n) is 29.5. The molecule has 1 aliphatic heterocycles. The van der Waals surface area contributed by atoms with E-state index in [1.165, 1.54) is 218 Å². The largest absolute Gasteiger partial charge is 0.489 e. The van der Waals surface area contributed by atoms with Crippen LogP contribution in [-0.4, -0.2) is 49.5 Å². The highest BCUT2D eigenvalue weighted by atomic mass is 31.0. The number of allylic oxidation sites excluding steroid dienone is 7. The molecule has 1 rings (SSSR count). The Kier molecular flexibility index (Phi) is 53.6. The molecule has 0 radical (unpaired) electrons. The first kappa shape index (κ1) is 66.9. The summed E-state index contributed by atoms with van der Waals surface area (Å²) in [6.45, 7) is 13.8. The maximum Gasteiger partial charge on any atom is 0.293 e. The molecule has 0 spiro atoms. The van der Waals surface area contributed by atoms with E-state index in [0.29, 0.717) is 17.7 Å². The predicted molar refractivity (Wildman–Crippen MR) is 303 cm³/mol. The fourth-order valence-corrected chi connectivity index (χ4v) is 9.14. The molecule has 1 fully saturated rings. The Morgan fingerprint density at radius 3 is 1.22 bits per heavy atom. The van der Waals surface area contributed by atoms with Gasteiger partial charge in [0.15, 0.2) is 12.2 Å². The average molecular weight is 987 g/mol. The van der Waals surface area contributed by atoms with E-state index < -0.39 is 24.4 Å². The third-order valence-electron chi connectivity index (χ3n) is 13.4. The summed E-state index contributed by atoms with van der Waals surface area (Å²) in [7, 11) is 3.57. The van der Waals surface area contributed by atoms with Crippen LogP contribution < -0.4 is 0 Å². The summed E-state index contributed by atoms with van der Waals surface area (Å²) in [6.07, 6.45) is 64.5. The number of nitrogens with zero attached hydrogens (tertiary/aromatic N) is 1. The summed E-state index contributed by atoms with van der Waals surface area (Å²) < 4.78 is 23.1. The van der Waals surface area contributed by atoms with Crippen molar-refractivity contribution in [2.75, 3.05) is 13.2 Å². The van der Waals surface area contributed by atoms with Gasteiger partial charge in [0.1, 0.15) is 12.1 Å². The number of hydrogen-bond donors (Lipinski definition) is 0. The van der Waals surface area contributed by atoms with Crippen LogP contribution in [0.2, 0.25) is 0 Å². The fraction of sp³-hybridized carbons (Fsp3) is 0.836. The summed E-state index contributed by atoms with van der Waals surface area (Å²) in [5, 5.41) is 3.26. The number of rotatable bonds is 52. The van der Waals surface area contributed by atoms with Crippen LogP contribution in [-0.2, 0) is 23.7 Å². The second kappa shape index (κ2) is 55.2. The van der Waals surface area contributed by atoms with Gasteiger partial charge in [-0.15, -0.1) is 0 Å². The zero-order chi connectivity index (χ0) is 50.4. The van der Waals surface area contributed by atoms with E-state index in [4.69, 9.17) is 18.9 Å². The molecule has 7 nitrogen and oxygen atoms in total. The van der Waals surface area contributed by atoms with E-state index in [0.717, 1.165) is 44.9 Å². The number of hydrogen-bond acceptors (Lipinski definition) is 7. The van der Waals surface area contributed by atoms with E-state index in [1.807, 2.05) is 0 Å². The van der Waals surface area contributed by atoms with Crippen molar-refractivity contribution >= 4 is 20.8 Å². The van der Waals surface area contributed by atoms with E-state index >= 15 is 0 Å². The summed E-state index contributed by atoms with van der Waals surface area (Å²) in [5.74, 6) is 0.646. The second-order valence-electron chi connectivity index (χ2n) is 20.0. The van der Waals surface area contributed by atoms with Gasteiger partial charge < -0.3 is 18.9 Å². The Morgan fingerprint density at radius 2 is 0.870 bits per heavy atom. The first-order valence-corrected chi connectivity index (χ1v) is 30.0. The zero-order valence-corrected chi connectivity index (χ0v) is 46.9. The van der Waals surface area contributed by atoms with Crippen molar-refractivity contribution in [1.29, 1.82) is 0 Å². The second-order valence-corrected chi connectivity index (χ2v) is 20.6. The van der Waals surface area contributed by atoms with Gasteiger partial charge in [0.05, 0.1) is 24.5 Å². The Hall–Kier alpha value is -2.08. The molecule has 0 aliphatic carbocycles. The maximum atomic E-state index is 11.8. The zero-order valence-electron chi connectivity index (χ0n) is 45.9. The number of nitroso groups, excluding NO2 is 1. The molecule has 402 valence electrons. The molecule has 0 aromatic carbocycles. The molecule has 4 atom stereocenters. The normalized spacial score (nSPS) is 16.3. The molecule has 0 aromatic heterocycles. The van der Waals surface area contributed by atoms with Crippen LogP contribution in [0.4, 0.5) is 0 Å². The SMILES string of the molecule is C=C(CCCCCCC/C=C/CCCCCCCC)O[C@H]1COC([C@@H](COC(=P)CCCCCC/C=C/CCCCCCCC)N=O)C1OC=O.CCCCCCCC/C=C/CCCCCCCC. The van der Waals surface area contributed by atoms with Crippen molar-refractivity contribution in [2.45, 2.75) is 315 Å². The highest BCUT2D eigenvalue weighted by Crippen LogP contribution is 2.27. The van der Waals surface area contributed by atoms with Crippen LogP contribution in [0.15, 0.2) is 54.0 Å². The Balaban J connectivity index is 0.00000215. The molecule has 8 heteroatoms. The van der Waals surface area contributed by atoms with Gasteiger partial charge in [-0.05, 0) is 96.3 Å². The monoisotopic (exact) mass is 986 g/mol. The van der Waals surface area contributed by atoms with Gasteiger partial charge in [0, 0.05) is 6.42 Å². The van der Waals surface area contributed by atoms with Crippen LogP contribution in [0, 0.1) is 4.91 Å². The summed E-state index contributed by atoms with van der Waals surface area (Å²) >= 11 is 0. The molecule has 0 aromatic rings. The van der Waals surface area contributed by atoms with Crippen molar-refractivity contribution in [2.24, 2.45) is 5.18 Å². The van der Waals surface area contributed by atoms with E-state index in [1.54, 1.807) is 0 Å². The standard InChI is InChI=1S/C43H76NO6P.C18H36/c1-4-6-8-10-12-14-16-18-20-21-23-25-27-29-31-33-38(3)50-40-36-48-42(43(40)49-37-45)39(44-46)35-47-41(51)34-32-30-28-26-24-22-19-17-15-13-11-9-7-5-2;1-3-5-7-9-11-13-15-17-18-16-14-12-10-8-6-4-2/h18-20,22,37,39-40,42-43,51H,3-17,21,23-36H2,1-2H3;17-18H,3-16H2,1-2H3/b20-18+,22-19+;18-17+/t39-,40+,42?,43?;/m1./s1. The van der Waals surface area contributed by atoms with E-state index in [9.17, 15) is 9.70 Å². The molecule has 0 saturated carbocycles. The van der Waals surface area contributed by atoms with E-state index in [-0.39, 0.29) is 13.2 Å². The lowest BCUT2D eigenvalue weighted by atomic mass is 10.0. The molecule has 1 aliphatic rings. The molecule has 1 heterocycles. The number of ether oxygens (including phenoxy) is 4. The third-order valence-corrected chi connectivity index (χ3v) is 13.8. The highest BCUT2D eigenvalue weighted by molar-refractivity contribution is 7.20. The minimum Gasteiger partial charge on any atom is -0.489 e. The van der Waals surface area contributed by atoms with Gasteiger partial charge in [-0.3, -0.25) is 4.79 Å². The summed E-state index contributed by atoms with van der Waals surface area (Å²) in [4.78, 5) is 23.1. The number of carbonyl (C=O) groups is 1. The molecule has 0 amide bonds. The van der Waals surface area contributed by atoms with Crippen LogP contribution in [0.5, 0.6) is 0 Å². The van der Waals surface area contributed by atoms with Crippen LogP contribution in [0.1, 0.15) is 291 Å². The third kappa shape index (κ3) is 45.5. The minimum absolute atomic E-state index is 0.0394. The Morgan fingerprint density at radius 1 is 0.536 bits per heavy atom. The predicted octanol–water partition coefficient (Wildman–Crippen LogP) is 20.0. The van der Waals surface area contributed by atoms with Crippen molar-refractivity contribution in [3.8, 4) is 0 Å². The average Bonchev–Trinajstić information content (AvgIpc) is 3.74. The van der Waals surface area contributed by atoms with Gasteiger partial charge in [-0.25, -0.2) is 0 Å². The quantitative estimate of drug-likeness (QED) is 0.0151. The van der Waals surface area contributed by atoms with Crippen molar-refractivity contribution in [3.63, 3.8) is 0 Å². The first-order chi connectivity index (χ1) is 34.0.